The largest absolute Gasteiger partial charge is 0.361 e. The molecule has 1 aliphatic carbocycles. The number of benzene rings is 1. The Morgan fingerprint density at radius 3 is 2.79 bits per heavy atom. The van der Waals surface area contributed by atoms with Crippen LogP contribution in [0.25, 0.3) is 10.9 Å². The zero-order valence-corrected chi connectivity index (χ0v) is 18.5. The zero-order chi connectivity index (χ0) is 22.5. The number of H-pyrrole nitrogens is 2. The SMILES string of the molecule is O=C(Cc1c[nH]c2ccccc12)N1CC[C@@H](c2nc3c(c(=O)[nH]2)CCN(C(=O)C2CC2)C3)C1. The highest BCUT2D eigenvalue weighted by molar-refractivity contribution is 5.89. The van der Waals surface area contributed by atoms with Crippen LogP contribution >= 0.6 is 0 Å². The molecule has 170 valence electrons. The Balaban J connectivity index is 1.16. The van der Waals surface area contributed by atoms with Gasteiger partial charge in [0.25, 0.3) is 5.56 Å². The Bertz CT molecular complexity index is 1300. The summed E-state index contributed by atoms with van der Waals surface area (Å²) >= 11 is 0. The number of amides is 2. The van der Waals surface area contributed by atoms with Gasteiger partial charge in [-0.1, -0.05) is 18.2 Å². The smallest absolute Gasteiger partial charge is 0.254 e. The maximum atomic E-state index is 13.0. The van der Waals surface area contributed by atoms with Gasteiger partial charge in [-0.15, -0.1) is 0 Å². The summed E-state index contributed by atoms with van der Waals surface area (Å²) in [6.07, 6.45) is 5.53. The molecule has 6 rings (SSSR count). The van der Waals surface area contributed by atoms with Crippen LogP contribution in [-0.4, -0.2) is 56.2 Å². The minimum atomic E-state index is -0.0999. The van der Waals surface area contributed by atoms with Gasteiger partial charge in [-0.05, 0) is 37.3 Å². The Morgan fingerprint density at radius 2 is 1.94 bits per heavy atom. The summed E-state index contributed by atoms with van der Waals surface area (Å²) in [6.45, 7) is 2.20. The predicted molar refractivity (Wildman–Crippen MR) is 123 cm³/mol. The molecule has 8 nitrogen and oxygen atoms in total. The molecule has 3 aliphatic rings. The number of hydrogen-bond donors (Lipinski definition) is 2. The van der Waals surface area contributed by atoms with Gasteiger partial charge in [-0.2, -0.15) is 0 Å². The van der Waals surface area contributed by atoms with Crippen LogP contribution in [0, 0.1) is 5.92 Å². The molecule has 0 spiro atoms. The fraction of sp³-hybridized carbons (Fsp3) is 0.440. The number of para-hydroxylation sites is 1. The Kier molecular flexibility index (Phi) is 4.81. The minimum Gasteiger partial charge on any atom is -0.361 e. The van der Waals surface area contributed by atoms with Crippen LogP contribution in [0.4, 0.5) is 0 Å². The number of likely N-dealkylation sites (tertiary alicyclic amines) is 1. The van der Waals surface area contributed by atoms with Crippen LogP contribution in [0.5, 0.6) is 0 Å². The third-order valence-electron chi connectivity index (χ3n) is 7.27. The first-order valence-electron chi connectivity index (χ1n) is 11.8. The van der Waals surface area contributed by atoms with Gasteiger partial charge < -0.3 is 19.8 Å². The fourth-order valence-corrected chi connectivity index (χ4v) is 5.19. The summed E-state index contributed by atoms with van der Waals surface area (Å²) in [5.41, 5.74) is 3.35. The second kappa shape index (κ2) is 7.86. The quantitative estimate of drug-likeness (QED) is 0.642. The number of hydrogen-bond acceptors (Lipinski definition) is 4. The monoisotopic (exact) mass is 445 g/mol. The van der Waals surface area contributed by atoms with Gasteiger partial charge in [0.2, 0.25) is 11.8 Å². The van der Waals surface area contributed by atoms with E-state index in [2.05, 4.69) is 9.97 Å². The molecule has 2 amide bonds. The molecular formula is C25H27N5O3. The Hall–Kier alpha value is -3.42. The van der Waals surface area contributed by atoms with Crippen molar-refractivity contribution in [3.05, 3.63) is 63.5 Å². The number of fused-ring (bicyclic) bond motifs is 2. The maximum Gasteiger partial charge on any atom is 0.254 e. The molecule has 1 aromatic carbocycles. The standard InChI is InChI=1S/C25H27N5O3/c31-22(11-17-12-26-20-4-2-1-3-18(17)20)29-9-7-16(13-29)23-27-21-14-30(25(33)15-5-6-15)10-8-19(21)24(32)28-23/h1-4,12,15-16,26H,5-11,13-14H2,(H,27,28,32)/t16-/m1/s1. The van der Waals surface area contributed by atoms with Crippen LogP contribution in [0.1, 0.15) is 47.8 Å². The Morgan fingerprint density at radius 1 is 1.09 bits per heavy atom. The molecule has 2 aliphatic heterocycles. The zero-order valence-electron chi connectivity index (χ0n) is 18.5. The second-order valence-electron chi connectivity index (χ2n) is 9.52. The fourth-order valence-electron chi connectivity index (χ4n) is 5.19. The highest BCUT2D eigenvalue weighted by atomic mass is 16.2. The lowest BCUT2D eigenvalue weighted by atomic mass is 10.0. The second-order valence-corrected chi connectivity index (χ2v) is 9.52. The van der Waals surface area contributed by atoms with Gasteiger partial charge in [0, 0.05) is 54.1 Å². The van der Waals surface area contributed by atoms with E-state index in [1.165, 1.54) is 0 Å². The van der Waals surface area contributed by atoms with Gasteiger partial charge in [0.15, 0.2) is 0 Å². The number of nitrogens with zero attached hydrogens (tertiary/aromatic N) is 3. The van der Waals surface area contributed by atoms with Gasteiger partial charge in [0.05, 0.1) is 18.7 Å². The van der Waals surface area contributed by atoms with E-state index in [-0.39, 0.29) is 29.2 Å². The molecule has 33 heavy (non-hydrogen) atoms. The molecule has 8 heteroatoms. The van der Waals surface area contributed by atoms with Gasteiger partial charge in [-0.3, -0.25) is 14.4 Å². The molecular weight excluding hydrogens is 418 g/mol. The van der Waals surface area contributed by atoms with E-state index in [9.17, 15) is 14.4 Å². The molecule has 0 radical (unpaired) electrons. The third kappa shape index (κ3) is 3.73. The topological polar surface area (TPSA) is 102 Å². The van der Waals surface area contributed by atoms with Crippen molar-refractivity contribution in [1.29, 1.82) is 0 Å². The van der Waals surface area contributed by atoms with Gasteiger partial charge in [-0.25, -0.2) is 4.98 Å². The summed E-state index contributed by atoms with van der Waals surface area (Å²) in [4.78, 5) is 52.9. The first-order chi connectivity index (χ1) is 16.1. The van der Waals surface area contributed by atoms with Crippen LogP contribution in [0.15, 0.2) is 35.3 Å². The van der Waals surface area contributed by atoms with Gasteiger partial charge in [0.1, 0.15) is 5.82 Å². The van der Waals surface area contributed by atoms with E-state index in [0.717, 1.165) is 41.4 Å². The summed E-state index contributed by atoms with van der Waals surface area (Å²) in [5, 5.41) is 1.08. The van der Waals surface area contributed by atoms with E-state index >= 15 is 0 Å². The molecule has 2 aromatic heterocycles. The number of carbonyl (C=O) groups excluding carboxylic acids is 2. The van der Waals surface area contributed by atoms with Crippen molar-refractivity contribution in [2.75, 3.05) is 19.6 Å². The Labute approximate surface area is 191 Å². The molecule has 0 unspecified atom stereocenters. The van der Waals surface area contributed by atoms with Crippen molar-refractivity contribution in [1.82, 2.24) is 24.8 Å². The number of aromatic amines is 2. The third-order valence-corrected chi connectivity index (χ3v) is 7.27. The molecule has 3 aromatic rings. The lowest BCUT2D eigenvalue weighted by molar-refractivity contribution is -0.133. The van der Waals surface area contributed by atoms with Gasteiger partial charge >= 0.3 is 0 Å². The molecule has 1 saturated carbocycles. The summed E-state index contributed by atoms with van der Waals surface area (Å²) in [6, 6.07) is 7.99. The van der Waals surface area contributed by atoms with Crippen molar-refractivity contribution < 1.29 is 9.59 Å². The number of nitrogens with one attached hydrogen (secondary N) is 2. The molecule has 1 atom stereocenters. The predicted octanol–water partition coefficient (Wildman–Crippen LogP) is 2.10. The van der Waals surface area contributed by atoms with Crippen LogP contribution in [0.2, 0.25) is 0 Å². The number of aromatic nitrogens is 3. The minimum absolute atomic E-state index is 0.00410. The molecule has 4 heterocycles. The van der Waals surface area contributed by atoms with Crippen molar-refractivity contribution in [3.8, 4) is 0 Å². The van der Waals surface area contributed by atoms with Crippen molar-refractivity contribution in [2.45, 2.75) is 44.6 Å². The van der Waals surface area contributed by atoms with E-state index < -0.39 is 0 Å². The van der Waals surface area contributed by atoms with E-state index in [1.807, 2.05) is 40.3 Å². The normalized spacial score (nSPS) is 20.3. The maximum absolute atomic E-state index is 13.0. The lowest BCUT2D eigenvalue weighted by Gasteiger charge is -2.28. The lowest BCUT2D eigenvalue weighted by Crippen LogP contribution is -2.40. The van der Waals surface area contributed by atoms with E-state index in [0.29, 0.717) is 50.4 Å². The molecule has 1 saturated heterocycles. The van der Waals surface area contributed by atoms with Crippen LogP contribution in [0.3, 0.4) is 0 Å². The van der Waals surface area contributed by atoms with Crippen LogP contribution in [-0.2, 0) is 29.0 Å². The summed E-state index contributed by atoms with van der Waals surface area (Å²) in [5.74, 6) is 1.09. The first-order valence-corrected chi connectivity index (χ1v) is 11.8. The van der Waals surface area contributed by atoms with Crippen molar-refractivity contribution in [2.24, 2.45) is 5.92 Å². The van der Waals surface area contributed by atoms with Crippen molar-refractivity contribution >= 4 is 22.7 Å². The van der Waals surface area contributed by atoms with E-state index in [1.54, 1.807) is 0 Å². The first kappa shape index (κ1) is 20.2. The summed E-state index contributed by atoms with van der Waals surface area (Å²) < 4.78 is 0. The number of carbonyl (C=O) groups is 2. The average molecular weight is 446 g/mol. The van der Waals surface area contributed by atoms with Crippen LogP contribution < -0.4 is 5.56 Å². The average Bonchev–Trinajstić information content (AvgIpc) is 3.42. The molecule has 0 bridgehead atoms. The molecule has 2 fully saturated rings. The highest BCUT2D eigenvalue weighted by Crippen LogP contribution is 2.33. The highest BCUT2D eigenvalue weighted by Gasteiger charge is 2.36. The number of rotatable bonds is 4. The molecule has 2 N–H and O–H groups in total. The van der Waals surface area contributed by atoms with E-state index in [4.69, 9.17) is 4.98 Å². The summed E-state index contributed by atoms with van der Waals surface area (Å²) in [7, 11) is 0. The van der Waals surface area contributed by atoms with Crippen molar-refractivity contribution in [3.63, 3.8) is 0 Å².